The van der Waals surface area contributed by atoms with E-state index in [9.17, 15) is 0 Å². The van der Waals surface area contributed by atoms with E-state index in [-0.39, 0.29) is 17.6 Å². The highest BCUT2D eigenvalue weighted by molar-refractivity contribution is 5.62. The Hall–Kier alpha value is -1.52. The minimum absolute atomic E-state index is 0.0124. The van der Waals surface area contributed by atoms with Crippen LogP contribution < -0.4 is 9.47 Å². The molecule has 2 heterocycles. The molecule has 5 atom stereocenters. The number of hydrogen-bond donors (Lipinski definition) is 0. The molecule has 1 saturated heterocycles. The lowest BCUT2D eigenvalue weighted by Crippen LogP contribution is -2.65. The number of ether oxygens (including phenoxy) is 3. The molecule has 1 fully saturated rings. The average molecular weight is 313 g/mol. The Kier molecular flexibility index (Phi) is 2.73. The first-order valence-electron chi connectivity index (χ1n) is 8.49. The van der Waals surface area contributed by atoms with Gasteiger partial charge in [0.15, 0.2) is 11.5 Å². The van der Waals surface area contributed by atoms with Crippen molar-refractivity contribution in [3.8, 4) is 11.5 Å². The number of likely N-dealkylation sites (tertiary alicyclic amines) is 1. The second-order valence-electron chi connectivity index (χ2n) is 7.32. The van der Waals surface area contributed by atoms with E-state index in [4.69, 9.17) is 14.2 Å². The van der Waals surface area contributed by atoms with Gasteiger partial charge in [0.25, 0.3) is 0 Å². The number of likely N-dealkylation sites (N-methyl/N-ethyl adjacent to an activating group) is 1. The molecule has 2 aliphatic carbocycles. The van der Waals surface area contributed by atoms with Crippen LogP contribution in [0.15, 0.2) is 24.3 Å². The fourth-order valence-corrected chi connectivity index (χ4v) is 5.57. The van der Waals surface area contributed by atoms with E-state index in [2.05, 4.69) is 36.2 Å². The number of nitrogens with zero attached hydrogens (tertiary/aromatic N) is 1. The maximum Gasteiger partial charge on any atom is 0.165 e. The Balaban J connectivity index is 1.80. The highest BCUT2D eigenvalue weighted by Gasteiger charge is 2.64. The van der Waals surface area contributed by atoms with Crippen molar-refractivity contribution in [3.05, 3.63) is 35.4 Å². The molecule has 0 unspecified atom stereocenters. The Morgan fingerprint density at radius 1 is 1.26 bits per heavy atom. The predicted octanol–water partition coefficient (Wildman–Crippen LogP) is 2.16. The molecule has 0 saturated carbocycles. The van der Waals surface area contributed by atoms with Gasteiger partial charge in [-0.25, -0.2) is 0 Å². The van der Waals surface area contributed by atoms with Crippen LogP contribution in [0.4, 0.5) is 0 Å². The van der Waals surface area contributed by atoms with Gasteiger partial charge in [-0.2, -0.15) is 0 Å². The highest BCUT2D eigenvalue weighted by atomic mass is 16.6. The molecule has 1 spiro atoms. The molecule has 4 nitrogen and oxygen atoms in total. The smallest absolute Gasteiger partial charge is 0.165 e. The van der Waals surface area contributed by atoms with Crippen molar-refractivity contribution >= 4 is 0 Å². The van der Waals surface area contributed by atoms with Crippen LogP contribution in [-0.2, 0) is 16.6 Å². The zero-order valence-electron chi connectivity index (χ0n) is 13.9. The molecule has 0 aromatic heterocycles. The van der Waals surface area contributed by atoms with E-state index in [0.29, 0.717) is 12.0 Å². The van der Waals surface area contributed by atoms with Crippen molar-refractivity contribution in [2.45, 2.75) is 36.5 Å². The molecular formula is C19H23NO3. The number of methoxy groups -OCH3 is 2. The Labute approximate surface area is 137 Å². The lowest BCUT2D eigenvalue weighted by atomic mass is 9.53. The third-order valence-electron chi connectivity index (χ3n) is 6.61. The van der Waals surface area contributed by atoms with Gasteiger partial charge in [-0.1, -0.05) is 18.2 Å². The minimum atomic E-state index is 0.0124. The van der Waals surface area contributed by atoms with Crippen molar-refractivity contribution in [2.24, 2.45) is 5.92 Å². The molecule has 1 aromatic carbocycles. The molecule has 1 aromatic rings. The van der Waals surface area contributed by atoms with Crippen LogP contribution in [0, 0.1) is 5.92 Å². The third-order valence-corrected chi connectivity index (χ3v) is 6.61. The first kappa shape index (κ1) is 13.9. The summed E-state index contributed by atoms with van der Waals surface area (Å²) in [6.45, 7) is 1.11. The van der Waals surface area contributed by atoms with Gasteiger partial charge >= 0.3 is 0 Å². The summed E-state index contributed by atoms with van der Waals surface area (Å²) in [4.78, 5) is 2.52. The van der Waals surface area contributed by atoms with Gasteiger partial charge in [0.05, 0.1) is 7.11 Å². The van der Waals surface area contributed by atoms with Crippen molar-refractivity contribution < 1.29 is 14.2 Å². The van der Waals surface area contributed by atoms with Gasteiger partial charge in [-0.15, -0.1) is 0 Å². The summed E-state index contributed by atoms with van der Waals surface area (Å²) < 4.78 is 17.9. The lowest BCUT2D eigenvalue weighted by molar-refractivity contribution is -0.0581. The molecule has 0 radical (unpaired) electrons. The maximum atomic E-state index is 6.52. The van der Waals surface area contributed by atoms with Crippen molar-refractivity contribution in [3.63, 3.8) is 0 Å². The molecule has 0 amide bonds. The van der Waals surface area contributed by atoms with Gasteiger partial charge in [0.1, 0.15) is 12.2 Å². The number of hydrogen-bond acceptors (Lipinski definition) is 4. The summed E-state index contributed by atoms with van der Waals surface area (Å²) in [5, 5.41) is 0. The van der Waals surface area contributed by atoms with E-state index < -0.39 is 0 Å². The standard InChI is InChI=1S/C19H23NO3/c1-20-9-8-19-12-5-7-15(22-3)18(19)23-17-14(21-2)6-4-11(16(17)19)10-13(12)20/h4-7,12-13,15,18H,8-10H2,1-3H3/t12-,13-,15+,18+,19+/m1/s1. The largest absolute Gasteiger partial charge is 0.493 e. The van der Waals surface area contributed by atoms with Gasteiger partial charge in [0.2, 0.25) is 0 Å². The van der Waals surface area contributed by atoms with Crippen LogP contribution in [0.1, 0.15) is 17.5 Å². The van der Waals surface area contributed by atoms with Crippen molar-refractivity contribution in [1.82, 2.24) is 4.90 Å². The molecule has 2 bridgehead atoms. The first-order valence-corrected chi connectivity index (χ1v) is 8.49. The summed E-state index contributed by atoms with van der Waals surface area (Å²) in [6.07, 6.45) is 6.89. The molecule has 4 aliphatic rings. The first-order chi connectivity index (χ1) is 11.2. The lowest BCUT2D eigenvalue weighted by Gasteiger charge is -2.56. The summed E-state index contributed by atoms with van der Waals surface area (Å²) >= 11 is 0. The predicted molar refractivity (Wildman–Crippen MR) is 87.3 cm³/mol. The van der Waals surface area contributed by atoms with E-state index in [1.54, 1.807) is 14.2 Å². The SMILES string of the molecule is COc1ccc2c3c1O[C@H]1[C@@H](OC)C=C[C@@H]4[C@@H](C2)N(C)CC[C@@]341. The molecule has 0 N–H and O–H groups in total. The highest BCUT2D eigenvalue weighted by Crippen LogP contribution is 2.62. The van der Waals surface area contributed by atoms with Crippen LogP contribution >= 0.6 is 0 Å². The normalized spacial score (nSPS) is 39.8. The van der Waals surface area contributed by atoms with Gasteiger partial charge in [0, 0.05) is 30.0 Å². The van der Waals surface area contributed by atoms with Crippen LogP contribution in [0.2, 0.25) is 0 Å². The van der Waals surface area contributed by atoms with Crippen LogP contribution in [0.5, 0.6) is 11.5 Å². The van der Waals surface area contributed by atoms with E-state index >= 15 is 0 Å². The van der Waals surface area contributed by atoms with E-state index in [0.717, 1.165) is 30.9 Å². The molecule has 23 heavy (non-hydrogen) atoms. The second kappa shape index (κ2) is 4.52. The van der Waals surface area contributed by atoms with Crippen molar-refractivity contribution in [2.75, 3.05) is 27.8 Å². The van der Waals surface area contributed by atoms with Gasteiger partial charge < -0.3 is 19.1 Å². The minimum Gasteiger partial charge on any atom is -0.493 e. The fourth-order valence-electron chi connectivity index (χ4n) is 5.57. The molecule has 2 aliphatic heterocycles. The zero-order chi connectivity index (χ0) is 15.8. The Morgan fingerprint density at radius 2 is 2.13 bits per heavy atom. The quantitative estimate of drug-likeness (QED) is 0.783. The third kappa shape index (κ3) is 1.49. The number of rotatable bonds is 2. The second-order valence-corrected chi connectivity index (χ2v) is 7.32. The molecular weight excluding hydrogens is 290 g/mol. The van der Waals surface area contributed by atoms with Gasteiger partial charge in [-0.3, -0.25) is 0 Å². The molecule has 4 heteroatoms. The molecule has 122 valence electrons. The van der Waals surface area contributed by atoms with Crippen LogP contribution in [0.3, 0.4) is 0 Å². The average Bonchev–Trinajstić information content (AvgIpc) is 2.92. The van der Waals surface area contributed by atoms with E-state index in [1.165, 1.54) is 11.1 Å². The Morgan fingerprint density at radius 3 is 2.91 bits per heavy atom. The Bertz CT molecular complexity index is 700. The maximum absolute atomic E-state index is 6.52. The number of piperidine rings is 1. The zero-order valence-corrected chi connectivity index (χ0v) is 13.9. The topological polar surface area (TPSA) is 30.9 Å². The monoisotopic (exact) mass is 313 g/mol. The summed E-state index contributed by atoms with van der Waals surface area (Å²) in [6, 6.07) is 4.86. The summed E-state index contributed by atoms with van der Waals surface area (Å²) in [5.74, 6) is 2.32. The van der Waals surface area contributed by atoms with Crippen molar-refractivity contribution in [1.29, 1.82) is 0 Å². The van der Waals surface area contributed by atoms with Crippen LogP contribution in [-0.4, -0.2) is 51.0 Å². The number of benzene rings is 1. The molecule has 5 rings (SSSR count). The van der Waals surface area contributed by atoms with Crippen LogP contribution in [0.25, 0.3) is 0 Å². The van der Waals surface area contributed by atoms with Gasteiger partial charge in [-0.05, 0) is 38.1 Å². The van der Waals surface area contributed by atoms with E-state index in [1.807, 2.05) is 0 Å². The summed E-state index contributed by atoms with van der Waals surface area (Å²) in [5.41, 5.74) is 2.88. The summed E-state index contributed by atoms with van der Waals surface area (Å²) in [7, 11) is 5.77. The fraction of sp³-hybridized carbons (Fsp3) is 0.579.